The predicted octanol–water partition coefficient (Wildman–Crippen LogP) is 4.56. The van der Waals surface area contributed by atoms with E-state index < -0.39 is 0 Å². The van der Waals surface area contributed by atoms with E-state index in [1.165, 1.54) is 35.6 Å². The topological polar surface area (TPSA) is 21.3 Å². The van der Waals surface area contributed by atoms with Gasteiger partial charge in [0.15, 0.2) is 0 Å². The first-order chi connectivity index (χ1) is 10.3. The van der Waals surface area contributed by atoms with Gasteiger partial charge in [0.05, 0.1) is 7.11 Å². The van der Waals surface area contributed by atoms with Crippen LogP contribution in [0.3, 0.4) is 0 Å². The van der Waals surface area contributed by atoms with Crippen molar-refractivity contribution >= 4 is 10.8 Å². The molecule has 0 aromatic heterocycles. The summed E-state index contributed by atoms with van der Waals surface area (Å²) in [6, 6.07) is 13.4. The Morgan fingerprint density at radius 2 is 1.86 bits per heavy atom. The third-order valence-corrected chi connectivity index (χ3v) is 4.11. The Kier molecular flexibility index (Phi) is 6.06. The van der Waals surface area contributed by atoms with Crippen molar-refractivity contribution in [2.24, 2.45) is 0 Å². The number of hydrogen-bond acceptors (Lipinski definition) is 2. The fourth-order valence-corrected chi connectivity index (χ4v) is 2.89. The van der Waals surface area contributed by atoms with Crippen LogP contribution in [0.1, 0.15) is 38.7 Å². The molecule has 0 saturated heterocycles. The fourth-order valence-electron chi connectivity index (χ4n) is 2.89. The highest BCUT2D eigenvalue weighted by Crippen LogP contribution is 2.29. The number of aryl methyl sites for hydroxylation is 1. The van der Waals surface area contributed by atoms with Gasteiger partial charge in [-0.05, 0) is 49.2 Å². The number of ether oxygens (including phenoxy) is 1. The van der Waals surface area contributed by atoms with Crippen LogP contribution in [-0.4, -0.2) is 19.7 Å². The smallest absolute Gasteiger partial charge is 0.126 e. The van der Waals surface area contributed by atoms with Crippen molar-refractivity contribution < 1.29 is 4.74 Å². The van der Waals surface area contributed by atoms with Crippen molar-refractivity contribution in [3.63, 3.8) is 0 Å². The molecule has 0 aliphatic rings. The molecular formula is C19H27NO. The summed E-state index contributed by atoms with van der Waals surface area (Å²) in [6.45, 7) is 5.59. The predicted molar refractivity (Wildman–Crippen MR) is 91.2 cm³/mol. The molecule has 2 rings (SSSR count). The van der Waals surface area contributed by atoms with Crippen molar-refractivity contribution in [1.29, 1.82) is 0 Å². The van der Waals surface area contributed by atoms with E-state index in [0.717, 1.165) is 18.7 Å². The van der Waals surface area contributed by atoms with Gasteiger partial charge >= 0.3 is 0 Å². The first-order valence-electron chi connectivity index (χ1n) is 8.08. The lowest BCUT2D eigenvalue weighted by molar-refractivity contribution is 0.419. The third-order valence-electron chi connectivity index (χ3n) is 4.11. The standard InChI is InChI=1S/C19H27NO/c1-4-14-20-17(5-2)13-12-16-9-6-8-15-10-7-11-18(21-3)19(15)16/h6-11,17,20H,4-5,12-14H2,1-3H3. The molecule has 0 amide bonds. The fraction of sp³-hybridized carbons (Fsp3) is 0.474. The molecule has 0 aliphatic carbocycles. The van der Waals surface area contributed by atoms with Gasteiger partial charge in [-0.1, -0.05) is 44.2 Å². The molecule has 0 fully saturated rings. The van der Waals surface area contributed by atoms with Crippen LogP contribution in [0.2, 0.25) is 0 Å². The summed E-state index contributed by atoms with van der Waals surface area (Å²) in [6.07, 6.45) is 4.64. The lowest BCUT2D eigenvalue weighted by Gasteiger charge is -2.17. The second-order valence-electron chi connectivity index (χ2n) is 5.57. The maximum absolute atomic E-state index is 5.55. The summed E-state index contributed by atoms with van der Waals surface area (Å²) in [5, 5.41) is 6.17. The highest BCUT2D eigenvalue weighted by Gasteiger charge is 2.10. The molecule has 0 aliphatic heterocycles. The average Bonchev–Trinajstić information content (AvgIpc) is 2.54. The molecule has 1 unspecified atom stereocenters. The van der Waals surface area contributed by atoms with Crippen LogP contribution in [-0.2, 0) is 6.42 Å². The zero-order valence-corrected chi connectivity index (χ0v) is 13.5. The van der Waals surface area contributed by atoms with E-state index in [2.05, 4.69) is 55.6 Å². The molecule has 0 spiro atoms. The summed E-state index contributed by atoms with van der Waals surface area (Å²) in [5.74, 6) is 0.984. The Labute approximate surface area is 128 Å². The Hall–Kier alpha value is -1.54. The highest BCUT2D eigenvalue weighted by molar-refractivity contribution is 5.91. The van der Waals surface area contributed by atoms with Crippen LogP contribution < -0.4 is 10.1 Å². The summed E-state index contributed by atoms with van der Waals surface area (Å²) < 4.78 is 5.55. The van der Waals surface area contributed by atoms with Gasteiger partial charge in [-0.3, -0.25) is 0 Å². The number of rotatable bonds is 8. The Balaban J connectivity index is 2.18. The molecule has 0 radical (unpaired) electrons. The Morgan fingerprint density at radius 1 is 1.10 bits per heavy atom. The summed E-state index contributed by atoms with van der Waals surface area (Å²) in [4.78, 5) is 0. The number of hydrogen-bond donors (Lipinski definition) is 1. The van der Waals surface area contributed by atoms with Crippen LogP contribution in [0.25, 0.3) is 10.8 Å². The summed E-state index contributed by atoms with van der Waals surface area (Å²) in [5.41, 5.74) is 1.39. The largest absolute Gasteiger partial charge is 0.496 e. The van der Waals surface area contributed by atoms with Gasteiger partial charge in [0.2, 0.25) is 0 Å². The molecule has 114 valence electrons. The van der Waals surface area contributed by atoms with E-state index in [1.54, 1.807) is 7.11 Å². The molecular weight excluding hydrogens is 258 g/mol. The van der Waals surface area contributed by atoms with Crippen molar-refractivity contribution in [1.82, 2.24) is 5.32 Å². The lowest BCUT2D eigenvalue weighted by atomic mass is 9.97. The Bertz CT molecular complexity index is 559. The molecule has 2 aromatic rings. The quantitative estimate of drug-likeness (QED) is 0.767. The first kappa shape index (κ1) is 15.8. The number of nitrogens with one attached hydrogen (secondary N) is 1. The van der Waals surface area contributed by atoms with Crippen LogP contribution >= 0.6 is 0 Å². The minimum atomic E-state index is 0.606. The monoisotopic (exact) mass is 285 g/mol. The zero-order chi connectivity index (χ0) is 15.1. The van der Waals surface area contributed by atoms with Gasteiger partial charge in [0.25, 0.3) is 0 Å². The maximum atomic E-state index is 5.55. The van der Waals surface area contributed by atoms with E-state index in [4.69, 9.17) is 4.74 Å². The zero-order valence-electron chi connectivity index (χ0n) is 13.5. The van der Waals surface area contributed by atoms with E-state index >= 15 is 0 Å². The van der Waals surface area contributed by atoms with Gasteiger partial charge in [0, 0.05) is 11.4 Å². The average molecular weight is 285 g/mol. The number of benzene rings is 2. The second-order valence-corrected chi connectivity index (χ2v) is 5.57. The van der Waals surface area contributed by atoms with Gasteiger partial charge in [-0.15, -0.1) is 0 Å². The van der Waals surface area contributed by atoms with E-state index in [1.807, 2.05) is 0 Å². The normalized spacial score (nSPS) is 12.5. The minimum absolute atomic E-state index is 0.606. The van der Waals surface area contributed by atoms with Gasteiger partial charge in [-0.2, -0.15) is 0 Å². The molecule has 2 aromatic carbocycles. The van der Waals surface area contributed by atoms with Gasteiger partial charge in [0.1, 0.15) is 5.75 Å². The van der Waals surface area contributed by atoms with Crippen molar-refractivity contribution in [3.8, 4) is 5.75 Å². The number of fused-ring (bicyclic) bond motifs is 1. The molecule has 0 heterocycles. The molecule has 1 atom stereocenters. The van der Waals surface area contributed by atoms with Crippen LogP contribution in [0.4, 0.5) is 0 Å². The lowest BCUT2D eigenvalue weighted by Crippen LogP contribution is -2.29. The summed E-state index contributed by atoms with van der Waals surface area (Å²) >= 11 is 0. The van der Waals surface area contributed by atoms with Crippen LogP contribution in [0.15, 0.2) is 36.4 Å². The van der Waals surface area contributed by atoms with Gasteiger partial charge < -0.3 is 10.1 Å². The van der Waals surface area contributed by atoms with Crippen molar-refractivity contribution in [2.75, 3.05) is 13.7 Å². The van der Waals surface area contributed by atoms with Gasteiger partial charge in [-0.25, -0.2) is 0 Å². The molecule has 0 bridgehead atoms. The maximum Gasteiger partial charge on any atom is 0.126 e. The van der Waals surface area contributed by atoms with Crippen molar-refractivity contribution in [2.45, 2.75) is 45.6 Å². The summed E-state index contributed by atoms with van der Waals surface area (Å²) in [7, 11) is 1.75. The molecule has 2 heteroatoms. The molecule has 2 nitrogen and oxygen atoms in total. The third kappa shape index (κ3) is 3.98. The number of methoxy groups -OCH3 is 1. The van der Waals surface area contributed by atoms with E-state index in [9.17, 15) is 0 Å². The second kappa shape index (κ2) is 8.04. The SMILES string of the molecule is CCCNC(CC)CCc1cccc2cccc(OC)c12. The van der Waals surface area contributed by atoms with Crippen LogP contribution in [0.5, 0.6) is 5.75 Å². The van der Waals surface area contributed by atoms with Crippen molar-refractivity contribution in [3.05, 3.63) is 42.0 Å². The first-order valence-corrected chi connectivity index (χ1v) is 8.08. The molecule has 21 heavy (non-hydrogen) atoms. The van der Waals surface area contributed by atoms with E-state index in [-0.39, 0.29) is 0 Å². The minimum Gasteiger partial charge on any atom is -0.496 e. The van der Waals surface area contributed by atoms with Crippen LogP contribution in [0, 0.1) is 0 Å². The molecule has 0 saturated carbocycles. The molecule has 1 N–H and O–H groups in total. The Morgan fingerprint density at radius 3 is 2.52 bits per heavy atom. The van der Waals surface area contributed by atoms with E-state index in [0.29, 0.717) is 6.04 Å². The highest BCUT2D eigenvalue weighted by atomic mass is 16.5.